The van der Waals surface area contributed by atoms with Gasteiger partial charge in [-0.1, -0.05) is 92.4 Å². The number of ketones is 1. The molecule has 0 amide bonds. The first-order valence-electron chi connectivity index (χ1n) is 18.1. The quantitative estimate of drug-likeness (QED) is 0.115. The number of carbonyl (C=O) groups excluding carboxylic acids is 2. The van der Waals surface area contributed by atoms with Crippen LogP contribution in [-0.4, -0.2) is 86.3 Å². The normalized spacial score (nSPS) is 44.2. The van der Waals surface area contributed by atoms with E-state index in [9.17, 15) is 24.9 Å². The highest BCUT2D eigenvalue weighted by Crippen LogP contribution is 2.76. The SMILES string of the molecule is C=C(C)C12OC3(c4ccccc4)OC1[C@@H]1[C@@H]4O[C@]4(CO)[C@@H](O)[C@]4(O)C(=O)C=C[C@@]4(C)C1(O3)[C@H](C)[C@H]2OC(=O)CC(/C=C\c1ccccc1)CCCS. The van der Waals surface area contributed by atoms with Gasteiger partial charge in [-0.05, 0) is 55.6 Å². The molecule has 3 bridgehead atoms. The monoisotopic (exact) mass is 730 g/mol. The van der Waals surface area contributed by atoms with Crippen molar-refractivity contribution in [2.24, 2.45) is 23.2 Å². The van der Waals surface area contributed by atoms with Crippen molar-refractivity contribution in [2.45, 2.75) is 92.8 Å². The molecule has 0 aromatic heterocycles. The number of ether oxygens (including phenoxy) is 5. The summed E-state index contributed by atoms with van der Waals surface area (Å²) in [5.74, 6) is -4.24. The van der Waals surface area contributed by atoms with Gasteiger partial charge in [-0.2, -0.15) is 12.6 Å². The van der Waals surface area contributed by atoms with Gasteiger partial charge in [-0.25, -0.2) is 0 Å². The third kappa shape index (κ3) is 4.45. The van der Waals surface area contributed by atoms with Crippen molar-refractivity contribution < 1.29 is 48.6 Å². The Morgan fingerprint density at radius 1 is 1.08 bits per heavy atom. The van der Waals surface area contributed by atoms with E-state index in [1.807, 2.05) is 67.6 Å². The van der Waals surface area contributed by atoms with Gasteiger partial charge in [0.05, 0.1) is 18.4 Å². The molecule has 3 N–H and O–H groups in total. The van der Waals surface area contributed by atoms with Gasteiger partial charge in [-0.3, -0.25) is 9.59 Å². The molecule has 2 aromatic rings. The van der Waals surface area contributed by atoms with Crippen molar-refractivity contribution in [3.63, 3.8) is 0 Å². The number of allylic oxidation sites excluding steroid dienone is 1. The Morgan fingerprint density at radius 2 is 1.77 bits per heavy atom. The second-order valence-electron chi connectivity index (χ2n) is 15.6. The topological polar surface area (TPSA) is 144 Å². The van der Waals surface area contributed by atoms with E-state index >= 15 is 0 Å². The molecule has 2 saturated carbocycles. The molecule has 6 aliphatic rings. The smallest absolute Gasteiger partial charge is 0.314 e. The standard InChI is InChI=1S/C41H46O10S/c1-24(2)38-32(47-30(44)22-27(14-11-21-52)18-17-26-12-7-5-8-13-26)25(3)40-31(34(38)49-41(50-38,51-40)28-15-9-6-10-16-28)33-37(23-42,48-33)35(45)39(46)29(43)19-20-36(39,40)4/h5-10,12-13,15-20,25,27,31-35,42,45-46,52H,1,11,14,21-23H2,2-4H3/b18-17-/t25-,27?,31+,32-,33+,34?,35-,36-,37+,38?,39-,40?,41?/m1/s1. The van der Waals surface area contributed by atoms with Crippen LogP contribution < -0.4 is 0 Å². The fourth-order valence-electron chi connectivity index (χ4n) is 10.4. The summed E-state index contributed by atoms with van der Waals surface area (Å²) in [5, 5.41) is 35.4. The van der Waals surface area contributed by atoms with E-state index in [-0.39, 0.29) is 12.3 Å². The van der Waals surface area contributed by atoms with Crippen LogP contribution in [0.25, 0.3) is 6.08 Å². The van der Waals surface area contributed by atoms with Gasteiger partial charge in [0.1, 0.15) is 35.6 Å². The lowest BCUT2D eigenvalue weighted by molar-refractivity contribution is -0.450. The molecule has 5 unspecified atom stereocenters. The van der Waals surface area contributed by atoms with Crippen molar-refractivity contribution in [1.29, 1.82) is 0 Å². The lowest BCUT2D eigenvalue weighted by atomic mass is 9.48. The van der Waals surface area contributed by atoms with Crippen molar-refractivity contribution in [3.05, 3.63) is 102 Å². The molecule has 3 aliphatic heterocycles. The molecule has 276 valence electrons. The van der Waals surface area contributed by atoms with E-state index in [4.69, 9.17) is 23.7 Å². The molecular weight excluding hydrogens is 685 g/mol. The summed E-state index contributed by atoms with van der Waals surface area (Å²) in [6.45, 7) is 9.02. The summed E-state index contributed by atoms with van der Waals surface area (Å²) in [5.41, 5.74) is -6.92. The number of benzene rings is 2. The highest BCUT2D eigenvalue weighted by atomic mass is 32.1. The van der Waals surface area contributed by atoms with Crippen LogP contribution >= 0.6 is 12.6 Å². The highest BCUT2D eigenvalue weighted by Gasteiger charge is 2.93. The minimum Gasteiger partial charge on any atom is -0.458 e. The van der Waals surface area contributed by atoms with Crippen LogP contribution in [0.3, 0.4) is 0 Å². The second-order valence-corrected chi connectivity index (χ2v) is 16.0. The number of thiol groups is 1. The van der Waals surface area contributed by atoms with Gasteiger partial charge in [0.2, 0.25) is 0 Å². The van der Waals surface area contributed by atoms with E-state index < -0.39 is 88.4 Å². The van der Waals surface area contributed by atoms with Gasteiger partial charge in [0, 0.05) is 17.4 Å². The average molecular weight is 731 g/mol. The van der Waals surface area contributed by atoms with Gasteiger partial charge in [-0.15, -0.1) is 0 Å². The molecule has 5 fully saturated rings. The number of rotatable bonds is 11. The maximum Gasteiger partial charge on any atom is 0.314 e. The highest BCUT2D eigenvalue weighted by molar-refractivity contribution is 7.80. The van der Waals surface area contributed by atoms with Crippen LogP contribution in [-0.2, 0) is 39.2 Å². The van der Waals surface area contributed by atoms with Crippen molar-refractivity contribution in [3.8, 4) is 0 Å². The van der Waals surface area contributed by atoms with E-state index in [2.05, 4.69) is 19.2 Å². The average Bonchev–Trinajstić information content (AvgIpc) is 3.77. The van der Waals surface area contributed by atoms with Crippen molar-refractivity contribution in [1.82, 2.24) is 0 Å². The molecule has 0 radical (unpaired) electrons. The Hall–Kier alpha value is -3.13. The summed E-state index contributed by atoms with van der Waals surface area (Å²) < 4.78 is 34.1. The number of epoxide rings is 1. The van der Waals surface area contributed by atoms with Gasteiger partial charge >= 0.3 is 11.9 Å². The molecule has 13 atom stereocenters. The van der Waals surface area contributed by atoms with Crippen LogP contribution in [0, 0.1) is 23.2 Å². The zero-order valence-electron chi connectivity index (χ0n) is 29.5. The molecular formula is C41H46O10S. The number of hydrogen-bond donors (Lipinski definition) is 4. The van der Waals surface area contributed by atoms with Crippen LogP contribution in [0.15, 0.2) is 91.0 Å². The van der Waals surface area contributed by atoms with E-state index in [0.717, 1.165) is 12.0 Å². The van der Waals surface area contributed by atoms with Crippen LogP contribution in [0.4, 0.5) is 0 Å². The lowest BCUT2D eigenvalue weighted by Crippen LogP contribution is -2.79. The molecule has 3 aliphatic carbocycles. The Kier molecular flexibility index (Phi) is 8.41. The summed E-state index contributed by atoms with van der Waals surface area (Å²) in [6, 6.07) is 18.9. The Balaban J connectivity index is 1.27. The fraction of sp³-hybridized carbons (Fsp3) is 0.512. The minimum absolute atomic E-state index is 0.0664. The summed E-state index contributed by atoms with van der Waals surface area (Å²) in [4.78, 5) is 28.1. The fourth-order valence-corrected chi connectivity index (χ4v) is 10.6. The summed E-state index contributed by atoms with van der Waals surface area (Å²) in [6.07, 6.45) is 3.62. The number of aliphatic hydroxyl groups is 3. The van der Waals surface area contributed by atoms with Crippen LogP contribution in [0.2, 0.25) is 0 Å². The lowest BCUT2D eigenvalue weighted by Gasteiger charge is -2.64. The first-order valence-corrected chi connectivity index (χ1v) is 18.7. The Bertz CT molecular complexity index is 1830. The summed E-state index contributed by atoms with van der Waals surface area (Å²) >= 11 is 4.41. The summed E-state index contributed by atoms with van der Waals surface area (Å²) in [7, 11) is 0. The molecule has 11 heteroatoms. The number of fused-ring (bicyclic) bond motifs is 3. The first-order chi connectivity index (χ1) is 24.8. The van der Waals surface area contributed by atoms with Gasteiger partial charge < -0.3 is 39.0 Å². The maximum atomic E-state index is 14.3. The zero-order valence-corrected chi connectivity index (χ0v) is 30.4. The van der Waals surface area contributed by atoms with Crippen LogP contribution in [0.5, 0.6) is 0 Å². The minimum atomic E-state index is -2.49. The zero-order chi connectivity index (χ0) is 36.9. The van der Waals surface area contributed by atoms with E-state index in [0.29, 0.717) is 23.3 Å². The predicted molar refractivity (Wildman–Crippen MR) is 193 cm³/mol. The predicted octanol–water partition coefficient (Wildman–Crippen LogP) is 4.28. The molecule has 0 spiro atoms. The molecule has 2 aromatic carbocycles. The number of carbonyl (C=O) groups is 2. The van der Waals surface area contributed by atoms with E-state index in [1.54, 1.807) is 32.1 Å². The Morgan fingerprint density at radius 3 is 2.42 bits per heavy atom. The Labute approximate surface area is 308 Å². The second kappa shape index (κ2) is 12.2. The van der Waals surface area contributed by atoms with Gasteiger partial charge in [0.15, 0.2) is 17.0 Å². The largest absolute Gasteiger partial charge is 0.458 e. The molecule has 3 heterocycles. The molecule has 52 heavy (non-hydrogen) atoms. The first kappa shape index (κ1) is 35.9. The molecule has 3 saturated heterocycles. The van der Waals surface area contributed by atoms with E-state index in [1.165, 1.54) is 6.08 Å². The molecule has 8 rings (SSSR count). The van der Waals surface area contributed by atoms with Crippen molar-refractivity contribution >= 4 is 30.5 Å². The van der Waals surface area contributed by atoms with Crippen molar-refractivity contribution in [2.75, 3.05) is 12.4 Å². The maximum absolute atomic E-state index is 14.3. The third-order valence-electron chi connectivity index (χ3n) is 13.0. The number of hydrogen-bond acceptors (Lipinski definition) is 11. The van der Waals surface area contributed by atoms with Gasteiger partial charge in [0.25, 0.3) is 0 Å². The number of aliphatic hydroxyl groups excluding tert-OH is 2. The third-order valence-corrected chi connectivity index (χ3v) is 13.3. The number of esters is 1. The van der Waals surface area contributed by atoms with Crippen LogP contribution in [0.1, 0.15) is 51.2 Å². The molecule has 10 nitrogen and oxygen atoms in total.